The van der Waals surface area contributed by atoms with Crippen LogP contribution in [0.5, 0.6) is 0 Å². The molecule has 0 heterocycles. The van der Waals surface area contributed by atoms with Gasteiger partial charge in [0.05, 0.1) is 12.5 Å². The quantitative estimate of drug-likeness (QED) is 0.643. The summed E-state index contributed by atoms with van der Waals surface area (Å²) < 4.78 is 0. The third-order valence-electron chi connectivity index (χ3n) is 2.50. The van der Waals surface area contributed by atoms with Gasteiger partial charge >= 0.3 is 0 Å². The molecule has 4 N–H and O–H groups in total. The number of nitrogens with one attached hydrogen (secondary N) is 2. The third-order valence-corrected chi connectivity index (χ3v) is 2.50. The van der Waals surface area contributed by atoms with E-state index in [9.17, 15) is 9.59 Å². The highest BCUT2D eigenvalue weighted by Gasteiger charge is 2.18. The number of amides is 2. The molecule has 0 spiro atoms. The van der Waals surface area contributed by atoms with E-state index in [1.165, 1.54) is 0 Å². The molecule has 0 bridgehead atoms. The van der Waals surface area contributed by atoms with E-state index in [1.807, 2.05) is 37.3 Å². The molecule has 98 valence electrons. The molecule has 0 aliphatic rings. The summed E-state index contributed by atoms with van der Waals surface area (Å²) >= 11 is 0. The van der Waals surface area contributed by atoms with Gasteiger partial charge in [0, 0.05) is 13.1 Å². The van der Waals surface area contributed by atoms with Gasteiger partial charge in [0.1, 0.15) is 0 Å². The largest absolute Gasteiger partial charge is 0.368 e. The first-order valence-electron chi connectivity index (χ1n) is 5.96. The molecule has 0 saturated carbocycles. The van der Waals surface area contributed by atoms with Crippen molar-refractivity contribution >= 4 is 11.8 Å². The molecule has 0 aliphatic carbocycles. The van der Waals surface area contributed by atoms with E-state index in [0.29, 0.717) is 13.1 Å². The highest BCUT2D eigenvalue weighted by Crippen LogP contribution is 2.00. The molecule has 1 atom stereocenters. The molecule has 1 aromatic rings. The van der Waals surface area contributed by atoms with Gasteiger partial charge in [-0.2, -0.15) is 0 Å². The highest BCUT2D eigenvalue weighted by molar-refractivity contribution is 5.87. The molecule has 0 fully saturated rings. The second-order valence-electron chi connectivity index (χ2n) is 3.98. The van der Waals surface area contributed by atoms with Crippen molar-refractivity contribution in [2.24, 2.45) is 5.73 Å². The number of nitrogens with two attached hydrogens (primary N) is 1. The molecule has 0 saturated heterocycles. The molecule has 0 radical (unpaired) electrons. The van der Waals surface area contributed by atoms with Gasteiger partial charge < -0.3 is 16.4 Å². The predicted molar refractivity (Wildman–Crippen MR) is 69.6 cm³/mol. The number of carbonyl (C=O) groups is 2. The lowest BCUT2D eigenvalue weighted by Crippen LogP contribution is -2.44. The molecule has 1 unspecified atom stereocenters. The Balaban J connectivity index is 2.48. The fourth-order valence-corrected chi connectivity index (χ4v) is 1.56. The second-order valence-corrected chi connectivity index (χ2v) is 3.98. The SMILES string of the molecule is CCNC(=O)CC(NCc1ccccc1)C(N)=O. The van der Waals surface area contributed by atoms with Gasteiger partial charge in [-0.05, 0) is 12.5 Å². The molecule has 1 rings (SSSR count). The fraction of sp³-hybridized carbons (Fsp3) is 0.385. The minimum Gasteiger partial charge on any atom is -0.368 e. The number of carbonyl (C=O) groups excluding carboxylic acids is 2. The van der Waals surface area contributed by atoms with Gasteiger partial charge in [0.2, 0.25) is 11.8 Å². The number of hydrogen-bond donors (Lipinski definition) is 3. The Morgan fingerprint density at radius 3 is 2.50 bits per heavy atom. The van der Waals surface area contributed by atoms with Crippen molar-refractivity contribution in [2.45, 2.75) is 25.9 Å². The zero-order valence-electron chi connectivity index (χ0n) is 10.5. The number of primary amides is 1. The van der Waals surface area contributed by atoms with Crippen LogP contribution >= 0.6 is 0 Å². The topological polar surface area (TPSA) is 84.2 Å². The Kier molecular flexibility index (Phi) is 5.87. The summed E-state index contributed by atoms with van der Waals surface area (Å²) in [5.41, 5.74) is 6.31. The van der Waals surface area contributed by atoms with Crippen LogP contribution in [-0.2, 0) is 16.1 Å². The van der Waals surface area contributed by atoms with Crippen molar-refractivity contribution in [3.05, 3.63) is 35.9 Å². The van der Waals surface area contributed by atoms with Crippen LogP contribution in [0.1, 0.15) is 18.9 Å². The van der Waals surface area contributed by atoms with E-state index in [4.69, 9.17) is 5.73 Å². The molecule has 5 heteroatoms. The van der Waals surface area contributed by atoms with Gasteiger partial charge in [-0.15, -0.1) is 0 Å². The number of rotatable bonds is 7. The Morgan fingerprint density at radius 1 is 1.28 bits per heavy atom. The van der Waals surface area contributed by atoms with Crippen LogP contribution in [0.2, 0.25) is 0 Å². The van der Waals surface area contributed by atoms with E-state index in [-0.39, 0.29) is 12.3 Å². The third kappa shape index (κ3) is 4.97. The standard InChI is InChI=1S/C13H19N3O2/c1-2-15-12(17)8-11(13(14)18)16-9-10-6-4-3-5-7-10/h3-7,11,16H,2,8-9H2,1H3,(H2,14,18)(H,15,17). The van der Waals surface area contributed by atoms with E-state index < -0.39 is 11.9 Å². The van der Waals surface area contributed by atoms with E-state index >= 15 is 0 Å². The molecule has 5 nitrogen and oxygen atoms in total. The second kappa shape index (κ2) is 7.45. The molecular formula is C13H19N3O2. The van der Waals surface area contributed by atoms with Gasteiger partial charge in [-0.1, -0.05) is 30.3 Å². The van der Waals surface area contributed by atoms with Crippen LogP contribution in [0.25, 0.3) is 0 Å². The maximum Gasteiger partial charge on any atom is 0.235 e. The first-order valence-corrected chi connectivity index (χ1v) is 5.96. The Labute approximate surface area is 107 Å². The van der Waals surface area contributed by atoms with Crippen molar-refractivity contribution in [2.75, 3.05) is 6.54 Å². The van der Waals surface area contributed by atoms with Crippen LogP contribution < -0.4 is 16.4 Å². The summed E-state index contributed by atoms with van der Waals surface area (Å²) in [7, 11) is 0. The summed E-state index contributed by atoms with van der Waals surface area (Å²) in [5.74, 6) is -0.695. The minimum absolute atomic E-state index is 0.0655. The van der Waals surface area contributed by atoms with Gasteiger partial charge in [-0.25, -0.2) is 0 Å². The van der Waals surface area contributed by atoms with Crippen molar-refractivity contribution < 1.29 is 9.59 Å². The summed E-state index contributed by atoms with van der Waals surface area (Å²) in [5, 5.41) is 5.63. The van der Waals surface area contributed by atoms with Crippen molar-refractivity contribution in [3.63, 3.8) is 0 Å². The number of benzene rings is 1. The monoisotopic (exact) mass is 249 g/mol. The zero-order chi connectivity index (χ0) is 13.4. The fourth-order valence-electron chi connectivity index (χ4n) is 1.56. The van der Waals surface area contributed by atoms with E-state index in [1.54, 1.807) is 0 Å². The van der Waals surface area contributed by atoms with Crippen LogP contribution in [-0.4, -0.2) is 24.4 Å². The lowest BCUT2D eigenvalue weighted by atomic mass is 10.1. The molecule has 0 aliphatic heterocycles. The van der Waals surface area contributed by atoms with Gasteiger partial charge in [0.15, 0.2) is 0 Å². The predicted octanol–water partition coefficient (Wildman–Crippen LogP) is 0.156. The average Bonchev–Trinajstić information content (AvgIpc) is 2.35. The minimum atomic E-state index is -0.642. The first kappa shape index (κ1) is 14.2. The summed E-state index contributed by atoms with van der Waals surface area (Å²) in [6.45, 7) is 2.88. The summed E-state index contributed by atoms with van der Waals surface area (Å²) in [6, 6.07) is 9.00. The van der Waals surface area contributed by atoms with Crippen molar-refractivity contribution in [3.8, 4) is 0 Å². The normalized spacial score (nSPS) is 11.8. The maximum absolute atomic E-state index is 11.4. The zero-order valence-corrected chi connectivity index (χ0v) is 10.5. The average molecular weight is 249 g/mol. The molecule has 0 aromatic heterocycles. The maximum atomic E-state index is 11.4. The molecule has 18 heavy (non-hydrogen) atoms. The highest BCUT2D eigenvalue weighted by atomic mass is 16.2. The van der Waals surface area contributed by atoms with Crippen LogP contribution in [0, 0.1) is 0 Å². The van der Waals surface area contributed by atoms with Crippen LogP contribution in [0.3, 0.4) is 0 Å². The lowest BCUT2D eigenvalue weighted by molar-refractivity contribution is -0.126. The smallest absolute Gasteiger partial charge is 0.235 e. The summed E-state index contributed by atoms with van der Waals surface area (Å²) in [4.78, 5) is 22.7. The van der Waals surface area contributed by atoms with Crippen LogP contribution in [0.4, 0.5) is 0 Å². The van der Waals surface area contributed by atoms with Crippen LogP contribution in [0.15, 0.2) is 30.3 Å². The lowest BCUT2D eigenvalue weighted by Gasteiger charge is -2.15. The summed E-state index contributed by atoms with van der Waals surface area (Å²) in [6.07, 6.45) is 0.0655. The molecule has 2 amide bonds. The molecular weight excluding hydrogens is 230 g/mol. The molecule has 1 aromatic carbocycles. The van der Waals surface area contributed by atoms with Crippen molar-refractivity contribution in [1.29, 1.82) is 0 Å². The Bertz CT molecular complexity index is 392. The van der Waals surface area contributed by atoms with E-state index in [2.05, 4.69) is 10.6 Å². The Hall–Kier alpha value is -1.88. The van der Waals surface area contributed by atoms with Gasteiger partial charge in [-0.3, -0.25) is 9.59 Å². The van der Waals surface area contributed by atoms with Gasteiger partial charge in [0.25, 0.3) is 0 Å². The Morgan fingerprint density at radius 2 is 1.94 bits per heavy atom. The number of hydrogen-bond acceptors (Lipinski definition) is 3. The first-order chi connectivity index (χ1) is 8.63. The van der Waals surface area contributed by atoms with Crippen molar-refractivity contribution in [1.82, 2.24) is 10.6 Å². The van der Waals surface area contributed by atoms with E-state index in [0.717, 1.165) is 5.56 Å².